The second-order valence-electron chi connectivity index (χ2n) is 7.40. The van der Waals surface area contributed by atoms with Crippen LogP contribution in [0, 0.1) is 6.92 Å². The molecule has 0 saturated carbocycles. The van der Waals surface area contributed by atoms with Gasteiger partial charge in [0.15, 0.2) is 5.69 Å². The summed E-state index contributed by atoms with van der Waals surface area (Å²) in [6.07, 6.45) is -3.49. The summed E-state index contributed by atoms with van der Waals surface area (Å²) < 4.78 is 67.7. The molecule has 1 amide bonds. The van der Waals surface area contributed by atoms with Crippen molar-refractivity contribution in [3.8, 4) is 5.69 Å². The molecule has 4 rings (SSSR count). The molecule has 0 atom stereocenters. The number of halogens is 3. The number of amides is 1. The molecule has 2 heterocycles. The van der Waals surface area contributed by atoms with Crippen LogP contribution >= 0.6 is 0 Å². The Morgan fingerprint density at radius 3 is 2.44 bits per heavy atom. The number of hydrogen-bond acceptors (Lipinski definition) is 4. The van der Waals surface area contributed by atoms with Gasteiger partial charge in [-0.15, -0.1) is 0 Å². The van der Waals surface area contributed by atoms with Crippen molar-refractivity contribution in [2.75, 3.05) is 21.9 Å². The first-order valence-electron chi connectivity index (χ1n) is 9.70. The highest BCUT2D eigenvalue weighted by atomic mass is 32.2. The average molecular weight is 464 g/mol. The molecule has 1 aliphatic rings. The second kappa shape index (κ2) is 7.97. The summed E-state index contributed by atoms with van der Waals surface area (Å²) in [4.78, 5) is 12.7. The molecule has 0 radical (unpaired) electrons. The molecule has 1 fully saturated rings. The number of sulfonamides is 1. The van der Waals surface area contributed by atoms with Crippen molar-refractivity contribution in [1.29, 1.82) is 0 Å². The molecular weight excluding hydrogens is 445 g/mol. The summed E-state index contributed by atoms with van der Waals surface area (Å²) in [6.45, 7) is 2.11. The van der Waals surface area contributed by atoms with Crippen molar-refractivity contribution in [2.24, 2.45) is 0 Å². The number of hydrogen-bond donors (Lipinski definition) is 1. The minimum absolute atomic E-state index is 0.0245. The number of aromatic nitrogens is 2. The summed E-state index contributed by atoms with van der Waals surface area (Å²) in [7, 11) is -3.44. The molecule has 32 heavy (non-hydrogen) atoms. The van der Waals surface area contributed by atoms with Gasteiger partial charge in [0, 0.05) is 12.2 Å². The van der Waals surface area contributed by atoms with Crippen molar-refractivity contribution in [3.63, 3.8) is 0 Å². The lowest BCUT2D eigenvalue weighted by Crippen LogP contribution is -2.25. The average Bonchev–Trinajstić information content (AvgIpc) is 3.32. The van der Waals surface area contributed by atoms with Crippen LogP contribution in [0.1, 0.15) is 28.0 Å². The third-order valence-corrected chi connectivity index (χ3v) is 6.92. The smallest absolute Gasteiger partial charge is 0.322 e. The van der Waals surface area contributed by atoms with Gasteiger partial charge in [-0.3, -0.25) is 9.10 Å². The SMILES string of the molecule is Cc1ccc(-n2ncc(C(=O)Nc3cccc(N4CCCS4(=O)=O)c3)c2C(F)(F)F)cc1. The van der Waals surface area contributed by atoms with Gasteiger partial charge in [-0.1, -0.05) is 23.8 Å². The number of alkyl halides is 3. The van der Waals surface area contributed by atoms with Crippen LogP contribution in [0.4, 0.5) is 24.5 Å². The van der Waals surface area contributed by atoms with Gasteiger partial charge in [0.25, 0.3) is 5.91 Å². The van der Waals surface area contributed by atoms with E-state index in [0.29, 0.717) is 23.3 Å². The number of carbonyl (C=O) groups is 1. The Kier molecular flexibility index (Phi) is 5.45. The first-order chi connectivity index (χ1) is 15.1. The molecule has 2 aromatic carbocycles. The predicted octanol–water partition coefficient (Wildman–Crippen LogP) is 3.99. The molecular formula is C21H19F3N4O3S. The van der Waals surface area contributed by atoms with Crippen LogP contribution in [0.2, 0.25) is 0 Å². The number of aryl methyl sites for hydroxylation is 1. The molecule has 11 heteroatoms. The lowest BCUT2D eigenvalue weighted by atomic mass is 10.2. The fourth-order valence-corrected chi connectivity index (χ4v) is 5.09. The van der Waals surface area contributed by atoms with Crippen LogP contribution in [-0.4, -0.2) is 36.4 Å². The predicted molar refractivity (Wildman–Crippen MR) is 113 cm³/mol. The van der Waals surface area contributed by atoms with E-state index in [1.54, 1.807) is 25.1 Å². The van der Waals surface area contributed by atoms with Crippen molar-refractivity contribution in [3.05, 3.63) is 71.5 Å². The van der Waals surface area contributed by atoms with Gasteiger partial charge in [-0.2, -0.15) is 18.3 Å². The summed E-state index contributed by atoms with van der Waals surface area (Å²) in [6, 6.07) is 12.2. The fraction of sp³-hybridized carbons (Fsp3) is 0.238. The van der Waals surface area contributed by atoms with Gasteiger partial charge in [-0.05, 0) is 43.7 Å². The van der Waals surface area contributed by atoms with Crippen LogP contribution in [0.5, 0.6) is 0 Å². The van der Waals surface area contributed by atoms with Gasteiger partial charge in [0.1, 0.15) is 0 Å². The van der Waals surface area contributed by atoms with E-state index in [1.165, 1.54) is 34.6 Å². The van der Waals surface area contributed by atoms with Gasteiger partial charge >= 0.3 is 6.18 Å². The topological polar surface area (TPSA) is 84.3 Å². The molecule has 3 aromatic rings. The van der Waals surface area contributed by atoms with E-state index in [0.717, 1.165) is 11.8 Å². The number of nitrogens with zero attached hydrogens (tertiary/aromatic N) is 3. The zero-order valence-electron chi connectivity index (χ0n) is 16.9. The Balaban J connectivity index is 1.66. The van der Waals surface area contributed by atoms with E-state index in [2.05, 4.69) is 10.4 Å². The van der Waals surface area contributed by atoms with E-state index >= 15 is 0 Å². The van der Waals surface area contributed by atoms with E-state index in [9.17, 15) is 26.4 Å². The fourth-order valence-electron chi connectivity index (χ4n) is 3.54. The normalized spacial score (nSPS) is 15.7. The van der Waals surface area contributed by atoms with Crippen molar-refractivity contribution in [2.45, 2.75) is 19.5 Å². The van der Waals surface area contributed by atoms with Gasteiger partial charge in [-0.25, -0.2) is 13.1 Å². The highest BCUT2D eigenvalue weighted by Gasteiger charge is 2.40. The standard InChI is InChI=1S/C21H19F3N4O3S/c1-14-6-8-16(9-7-14)28-19(21(22,23)24)18(13-25-28)20(29)26-15-4-2-5-17(12-15)27-10-3-11-32(27,30)31/h2,4-9,12-13H,3,10-11H2,1H3,(H,26,29). The maximum atomic E-state index is 13.8. The van der Waals surface area contributed by atoms with E-state index in [4.69, 9.17) is 0 Å². The largest absolute Gasteiger partial charge is 0.434 e. The Labute approximate surface area is 182 Å². The molecule has 0 spiro atoms. The quantitative estimate of drug-likeness (QED) is 0.633. The minimum atomic E-state index is -4.83. The van der Waals surface area contributed by atoms with E-state index in [1.807, 2.05) is 0 Å². The number of nitrogens with one attached hydrogen (secondary N) is 1. The van der Waals surface area contributed by atoms with Crippen LogP contribution < -0.4 is 9.62 Å². The summed E-state index contributed by atoms with van der Waals surface area (Å²) >= 11 is 0. The first kappa shape index (κ1) is 21.9. The molecule has 7 nitrogen and oxygen atoms in total. The lowest BCUT2D eigenvalue weighted by molar-refractivity contribution is -0.143. The molecule has 0 aliphatic carbocycles. The number of rotatable bonds is 4. The van der Waals surface area contributed by atoms with E-state index < -0.39 is 33.4 Å². The molecule has 0 bridgehead atoms. The highest BCUT2D eigenvalue weighted by Crippen LogP contribution is 2.34. The summed E-state index contributed by atoms with van der Waals surface area (Å²) in [5.41, 5.74) is -0.289. The van der Waals surface area contributed by atoms with Crippen LogP contribution in [-0.2, 0) is 16.2 Å². The zero-order chi connectivity index (χ0) is 23.1. The van der Waals surface area contributed by atoms with Crippen LogP contribution in [0.15, 0.2) is 54.7 Å². The Hall–Kier alpha value is -3.34. The second-order valence-corrected chi connectivity index (χ2v) is 9.41. The number of anilines is 2. The molecule has 1 N–H and O–H groups in total. The lowest BCUT2D eigenvalue weighted by Gasteiger charge is -2.18. The molecule has 0 unspecified atom stereocenters. The van der Waals surface area contributed by atoms with Gasteiger partial charge < -0.3 is 5.32 Å². The first-order valence-corrected chi connectivity index (χ1v) is 11.3. The molecule has 1 aromatic heterocycles. The minimum Gasteiger partial charge on any atom is -0.322 e. The Morgan fingerprint density at radius 2 is 1.81 bits per heavy atom. The maximum Gasteiger partial charge on any atom is 0.434 e. The number of carbonyl (C=O) groups excluding carboxylic acids is 1. The summed E-state index contributed by atoms with van der Waals surface area (Å²) in [5.74, 6) is -0.978. The molecule has 1 aliphatic heterocycles. The van der Waals surface area contributed by atoms with Crippen LogP contribution in [0.25, 0.3) is 5.69 Å². The number of benzene rings is 2. The zero-order valence-corrected chi connectivity index (χ0v) is 17.7. The third-order valence-electron chi connectivity index (χ3n) is 5.05. The van der Waals surface area contributed by atoms with Crippen molar-refractivity contribution >= 4 is 27.3 Å². The monoisotopic (exact) mass is 464 g/mol. The van der Waals surface area contributed by atoms with Gasteiger partial charge in [0.2, 0.25) is 10.0 Å². The Morgan fingerprint density at radius 1 is 1.09 bits per heavy atom. The van der Waals surface area contributed by atoms with Crippen molar-refractivity contribution < 1.29 is 26.4 Å². The molecule has 1 saturated heterocycles. The Bertz CT molecular complexity index is 1270. The third kappa shape index (κ3) is 4.20. The maximum absolute atomic E-state index is 13.8. The highest BCUT2D eigenvalue weighted by molar-refractivity contribution is 7.93. The molecule has 168 valence electrons. The van der Waals surface area contributed by atoms with Gasteiger partial charge in [0.05, 0.1) is 28.9 Å². The summed E-state index contributed by atoms with van der Waals surface area (Å²) in [5, 5.41) is 6.22. The van der Waals surface area contributed by atoms with Crippen molar-refractivity contribution in [1.82, 2.24) is 9.78 Å². The van der Waals surface area contributed by atoms with Crippen LogP contribution in [0.3, 0.4) is 0 Å². The van der Waals surface area contributed by atoms with E-state index in [-0.39, 0.29) is 17.1 Å².